The van der Waals surface area contributed by atoms with Crippen LogP contribution >= 0.6 is 11.3 Å². The van der Waals surface area contributed by atoms with Crippen molar-refractivity contribution in [1.29, 1.82) is 0 Å². The third-order valence-electron chi connectivity index (χ3n) is 3.46. The van der Waals surface area contributed by atoms with Crippen molar-refractivity contribution in [2.75, 3.05) is 4.72 Å². The molecule has 1 N–H and O–H groups in total. The van der Waals surface area contributed by atoms with Crippen molar-refractivity contribution < 1.29 is 17.2 Å². The molecule has 0 saturated heterocycles. The lowest BCUT2D eigenvalue weighted by atomic mass is 10.2. The van der Waals surface area contributed by atoms with Crippen LogP contribution in [0.4, 0.5) is 14.5 Å². The highest BCUT2D eigenvalue weighted by Gasteiger charge is 2.20. The number of benzene rings is 1. The molecule has 0 spiro atoms. The Morgan fingerprint density at radius 2 is 2.04 bits per heavy atom. The fourth-order valence-corrected chi connectivity index (χ4v) is 4.57. The highest BCUT2D eigenvalue weighted by molar-refractivity contribution is 7.94. The van der Waals surface area contributed by atoms with Gasteiger partial charge in [0.25, 0.3) is 10.0 Å². The molecule has 2 heterocycles. The van der Waals surface area contributed by atoms with Gasteiger partial charge >= 0.3 is 0 Å². The molecule has 0 aliphatic carbocycles. The molecule has 132 valence electrons. The van der Waals surface area contributed by atoms with Crippen molar-refractivity contribution in [2.45, 2.75) is 24.1 Å². The van der Waals surface area contributed by atoms with Crippen LogP contribution < -0.4 is 4.72 Å². The minimum atomic E-state index is -3.97. The average Bonchev–Trinajstić information content (AvgIpc) is 3.19. The summed E-state index contributed by atoms with van der Waals surface area (Å²) in [6.07, 6.45) is 2.55. The lowest BCUT2D eigenvalue weighted by Crippen LogP contribution is -2.12. The normalized spacial score (nSPS) is 11.6. The second-order valence-corrected chi connectivity index (χ2v) is 8.14. The molecule has 0 unspecified atom stereocenters. The van der Waals surface area contributed by atoms with E-state index in [0.29, 0.717) is 6.07 Å². The van der Waals surface area contributed by atoms with Crippen molar-refractivity contribution >= 4 is 27.0 Å². The van der Waals surface area contributed by atoms with Crippen LogP contribution in [0.2, 0.25) is 0 Å². The zero-order valence-electron chi connectivity index (χ0n) is 13.2. The number of anilines is 1. The molecule has 2 aromatic heterocycles. The molecule has 0 radical (unpaired) electrons. The standard InChI is InChI=1S/C16H15F2N3O2S2/c1-2-7-21-15(5-6-19-21)11-8-16(24-10-11)25(22,23)20-14-4-3-12(17)9-13(14)18/h3-6,8-10,20H,2,7H2,1H3. The molecule has 9 heteroatoms. The molecule has 0 amide bonds. The van der Waals surface area contributed by atoms with Crippen LogP contribution in [0.1, 0.15) is 13.3 Å². The summed E-state index contributed by atoms with van der Waals surface area (Å²) >= 11 is 1.02. The molecule has 5 nitrogen and oxygen atoms in total. The van der Waals surface area contributed by atoms with E-state index in [1.807, 2.05) is 6.92 Å². The number of halogens is 2. The average molecular weight is 383 g/mol. The maximum Gasteiger partial charge on any atom is 0.271 e. The number of hydrogen-bond donors (Lipinski definition) is 1. The molecule has 25 heavy (non-hydrogen) atoms. The minimum absolute atomic E-state index is 0.0375. The number of thiophene rings is 1. The van der Waals surface area contributed by atoms with Crippen LogP contribution in [-0.4, -0.2) is 18.2 Å². The maximum atomic E-state index is 13.7. The maximum absolute atomic E-state index is 13.7. The van der Waals surface area contributed by atoms with Gasteiger partial charge < -0.3 is 0 Å². The first-order chi connectivity index (χ1) is 11.9. The molecular weight excluding hydrogens is 368 g/mol. The van der Waals surface area contributed by atoms with Crippen molar-refractivity contribution in [3.8, 4) is 11.3 Å². The zero-order chi connectivity index (χ0) is 18.0. The molecule has 0 bridgehead atoms. The molecule has 1 aromatic carbocycles. The summed E-state index contributed by atoms with van der Waals surface area (Å²) in [5, 5.41) is 5.92. The predicted octanol–water partition coefficient (Wildman–Crippen LogP) is 4.10. The van der Waals surface area contributed by atoms with E-state index in [0.717, 1.165) is 47.7 Å². The summed E-state index contributed by atoms with van der Waals surface area (Å²) in [6.45, 7) is 2.75. The summed E-state index contributed by atoms with van der Waals surface area (Å²) < 4.78 is 55.5. The van der Waals surface area contributed by atoms with Gasteiger partial charge in [0.15, 0.2) is 0 Å². The molecule has 0 atom stereocenters. The second kappa shape index (κ2) is 6.93. The van der Waals surface area contributed by atoms with Crippen molar-refractivity contribution in [1.82, 2.24) is 9.78 Å². The van der Waals surface area contributed by atoms with Gasteiger partial charge in [-0.1, -0.05) is 6.92 Å². The first-order valence-electron chi connectivity index (χ1n) is 7.49. The number of sulfonamides is 1. The summed E-state index contributed by atoms with van der Waals surface area (Å²) in [6, 6.07) is 5.98. The molecule has 3 rings (SSSR count). The van der Waals surface area contributed by atoms with Crippen molar-refractivity contribution in [3.63, 3.8) is 0 Å². The molecular formula is C16H15F2N3O2S2. The Morgan fingerprint density at radius 1 is 1.24 bits per heavy atom. The van der Waals surface area contributed by atoms with Crippen molar-refractivity contribution in [2.24, 2.45) is 0 Å². The number of aromatic nitrogens is 2. The smallest absolute Gasteiger partial charge is 0.271 e. The van der Waals surface area contributed by atoms with Gasteiger partial charge in [0, 0.05) is 29.8 Å². The lowest BCUT2D eigenvalue weighted by Gasteiger charge is -2.07. The third-order valence-corrected chi connectivity index (χ3v) is 6.27. The first kappa shape index (κ1) is 17.6. The largest absolute Gasteiger partial charge is 0.276 e. The SMILES string of the molecule is CCCn1nccc1-c1csc(S(=O)(=O)Nc2ccc(F)cc2F)c1. The van der Waals surface area contributed by atoms with Crippen LogP contribution in [0.5, 0.6) is 0 Å². The first-order valence-corrected chi connectivity index (χ1v) is 9.85. The van der Waals surface area contributed by atoms with E-state index in [1.54, 1.807) is 22.3 Å². The fraction of sp³-hybridized carbons (Fsp3) is 0.188. The van der Waals surface area contributed by atoms with Gasteiger partial charge in [-0.25, -0.2) is 17.2 Å². The topological polar surface area (TPSA) is 64.0 Å². The highest BCUT2D eigenvalue weighted by Crippen LogP contribution is 2.30. The second-order valence-electron chi connectivity index (χ2n) is 5.32. The molecule has 0 fully saturated rings. The lowest BCUT2D eigenvalue weighted by molar-refractivity contribution is 0.583. The van der Waals surface area contributed by atoms with E-state index in [2.05, 4.69) is 9.82 Å². The van der Waals surface area contributed by atoms with Crippen LogP contribution in [0, 0.1) is 11.6 Å². The Morgan fingerprint density at radius 3 is 2.76 bits per heavy atom. The summed E-state index contributed by atoms with van der Waals surface area (Å²) in [4.78, 5) is 0. The fourth-order valence-electron chi connectivity index (χ4n) is 2.33. The number of hydrogen-bond acceptors (Lipinski definition) is 4. The van der Waals surface area contributed by atoms with Gasteiger partial charge in [0.1, 0.15) is 15.8 Å². The van der Waals surface area contributed by atoms with Crippen LogP contribution in [-0.2, 0) is 16.6 Å². The van der Waals surface area contributed by atoms with E-state index in [9.17, 15) is 17.2 Å². The van der Waals surface area contributed by atoms with Crippen LogP contribution in [0.25, 0.3) is 11.3 Å². The molecule has 0 saturated carbocycles. The van der Waals surface area contributed by atoms with Gasteiger partial charge in [-0.3, -0.25) is 9.40 Å². The van der Waals surface area contributed by atoms with E-state index in [1.165, 1.54) is 6.07 Å². The monoisotopic (exact) mass is 383 g/mol. The van der Waals surface area contributed by atoms with Gasteiger partial charge in [0.2, 0.25) is 0 Å². The summed E-state index contributed by atoms with van der Waals surface area (Å²) in [7, 11) is -3.97. The van der Waals surface area contributed by atoms with Crippen molar-refractivity contribution in [3.05, 3.63) is 53.5 Å². The van der Waals surface area contributed by atoms with Crippen LogP contribution in [0.15, 0.2) is 46.1 Å². The third kappa shape index (κ3) is 3.72. The molecule has 0 aliphatic rings. The molecule has 3 aromatic rings. The number of nitrogens with zero attached hydrogens (tertiary/aromatic N) is 2. The van der Waals surface area contributed by atoms with Crippen LogP contribution in [0.3, 0.4) is 0 Å². The van der Waals surface area contributed by atoms with E-state index < -0.39 is 21.7 Å². The number of nitrogens with one attached hydrogen (secondary N) is 1. The summed E-state index contributed by atoms with van der Waals surface area (Å²) in [5.41, 5.74) is 1.23. The zero-order valence-corrected chi connectivity index (χ0v) is 14.9. The Hall–Kier alpha value is -2.26. The summed E-state index contributed by atoms with van der Waals surface area (Å²) in [5.74, 6) is -1.75. The van der Waals surface area contributed by atoms with Gasteiger partial charge in [-0.05, 0) is 30.7 Å². The number of rotatable bonds is 6. The van der Waals surface area contributed by atoms with E-state index in [4.69, 9.17) is 0 Å². The molecule has 0 aliphatic heterocycles. The highest BCUT2D eigenvalue weighted by atomic mass is 32.2. The number of aryl methyl sites for hydroxylation is 1. The predicted molar refractivity (Wildman–Crippen MR) is 93.0 cm³/mol. The van der Waals surface area contributed by atoms with E-state index >= 15 is 0 Å². The minimum Gasteiger partial charge on any atom is -0.276 e. The van der Waals surface area contributed by atoms with Gasteiger partial charge in [-0.2, -0.15) is 5.10 Å². The Balaban J connectivity index is 1.89. The van der Waals surface area contributed by atoms with Gasteiger partial charge in [0.05, 0.1) is 11.4 Å². The van der Waals surface area contributed by atoms with Gasteiger partial charge in [-0.15, -0.1) is 11.3 Å². The Labute approximate surface area is 148 Å². The quantitative estimate of drug-likeness (QED) is 0.697. The van der Waals surface area contributed by atoms with E-state index in [-0.39, 0.29) is 9.90 Å². The Kier molecular flexibility index (Phi) is 4.87. The Bertz CT molecular complexity index is 996.